The first-order chi connectivity index (χ1) is 8.81. The third-order valence-corrected chi connectivity index (χ3v) is 6.02. The Morgan fingerprint density at radius 1 is 1.17 bits per heavy atom. The van der Waals surface area contributed by atoms with Gasteiger partial charge in [0.2, 0.25) is 0 Å². The molecule has 1 aliphatic heterocycles. The van der Waals surface area contributed by atoms with Crippen LogP contribution in [0.2, 0.25) is 0 Å². The molecule has 0 aromatic heterocycles. The third-order valence-electron chi connectivity index (χ3n) is 6.02. The number of nitrogens with zero attached hydrogens (tertiary/aromatic N) is 1. The molecule has 2 bridgehead atoms. The Labute approximate surface area is 110 Å². The van der Waals surface area contributed by atoms with E-state index in [2.05, 4.69) is 36.2 Å². The van der Waals surface area contributed by atoms with Crippen LogP contribution in [0.1, 0.15) is 43.2 Å². The van der Waals surface area contributed by atoms with E-state index in [9.17, 15) is 0 Å². The molecule has 1 aromatic rings. The highest BCUT2D eigenvalue weighted by atomic mass is 15.1. The highest BCUT2D eigenvalue weighted by Gasteiger charge is 2.52. The Hall–Kier alpha value is -0.820. The van der Waals surface area contributed by atoms with Crippen LogP contribution in [-0.4, -0.2) is 24.5 Å². The zero-order valence-corrected chi connectivity index (χ0v) is 11.4. The van der Waals surface area contributed by atoms with Crippen molar-refractivity contribution in [1.82, 2.24) is 4.90 Å². The summed E-state index contributed by atoms with van der Waals surface area (Å²) in [6.45, 7) is 1.30. The molecule has 3 atom stereocenters. The van der Waals surface area contributed by atoms with Crippen LogP contribution >= 0.6 is 0 Å². The topological polar surface area (TPSA) is 3.24 Å². The minimum absolute atomic E-state index is 0.546. The van der Waals surface area contributed by atoms with Gasteiger partial charge in [-0.15, -0.1) is 0 Å². The Morgan fingerprint density at radius 3 is 3.00 bits per heavy atom. The van der Waals surface area contributed by atoms with Crippen molar-refractivity contribution >= 4 is 0 Å². The summed E-state index contributed by atoms with van der Waals surface area (Å²) in [6, 6.07) is 10.1. The average molecular weight is 241 g/mol. The predicted molar refractivity (Wildman–Crippen MR) is 74.8 cm³/mol. The summed E-state index contributed by atoms with van der Waals surface area (Å²) in [7, 11) is 2.34. The first-order valence-corrected chi connectivity index (χ1v) is 7.60. The molecule has 1 heterocycles. The quantitative estimate of drug-likeness (QED) is 0.673. The monoisotopic (exact) mass is 241 g/mol. The molecule has 0 radical (unpaired) electrons. The molecule has 1 nitrogen and oxygen atoms in total. The molecule has 1 aromatic carbocycles. The van der Waals surface area contributed by atoms with Gasteiger partial charge in [0.15, 0.2) is 0 Å². The van der Waals surface area contributed by atoms with E-state index in [1.54, 1.807) is 11.1 Å². The number of fused-ring (bicyclic) bond motifs is 1. The second-order valence-corrected chi connectivity index (χ2v) is 6.67. The number of hydrogen-bond acceptors (Lipinski definition) is 1. The maximum atomic E-state index is 2.64. The maximum Gasteiger partial charge on any atom is 0.0169 e. The molecule has 1 saturated heterocycles. The fourth-order valence-electron chi connectivity index (χ4n) is 5.16. The van der Waals surface area contributed by atoms with Crippen molar-refractivity contribution in [3.63, 3.8) is 0 Å². The van der Waals surface area contributed by atoms with Crippen LogP contribution in [0.25, 0.3) is 0 Å². The Morgan fingerprint density at radius 2 is 2.06 bits per heavy atom. The van der Waals surface area contributed by atoms with Crippen LogP contribution in [0.15, 0.2) is 24.3 Å². The van der Waals surface area contributed by atoms with Crippen molar-refractivity contribution in [3.8, 4) is 0 Å². The molecule has 2 fully saturated rings. The van der Waals surface area contributed by atoms with E-state index in [1.807, 2.05) is 0 Å². The second kappa shape index (κ2) is 3.84. The third kappa shape index (κ3) is 1.31. The molecule has 0 unspecified atom stereocenters. The number of benzene rings is 1. The van der Waals surface area contributed by atoms with E-state index in [4.69, 9.17) is 0 Å². The molecule has 1 saturated carbocycles. The SMILES string of the molecule is CN1CC[C@]23CCCC[C@@H]2[C@H]1Cc1ccccc13. The highest BCUT2D eigenvalue weighted by Crippen LogP contribution is 2.55. The number of piperidine rings is 1. The van der Waals surface area contributed by atoms with Gasteiger partial charge < -0.3 is 4.90 Å². The predicted octanol–water partition coefficient (Wildman–Crippen LogP) is 3.37. The van der Waals surface area contributed by atoms with Gasteiger partial charge >= 0.3 is 0 Å². The fraction of sp³-hybridized carbons (Fsp3) is 0.647. The summed E-state index contributed by atoms with van der Waals surface area (Å²) >= 11 is 0. The first-order valence-electron chi connectivity index (χ1n) is 7.60. The lowest BCUT2D eigenvalue weighted by Crippen LogP contribution is -2.59. The van der Waals surface area contributed by atoms with Crippen LogP contribution in [0.4, 0.5) is 0 Å². The summed E-state index contributed by atoms with van der Waals surface area (Å²) in [6.07, 6.45) is 8.49. The zero-order chi connectivity index (χ0) is 12.2. The maximum absolute atomic E-state index is 2.64. The van der Waals surface area contributed by atoms with Gasteiger partial charge in [-0.05, 0) is 56.3 Å². The fourth-order valence-corrected chi connectivity index (χ4v) is 5.16. The van der Waals surface area contributed by atoms with Crippen molar-refractivity contribution in [2.75, 3.05) is 13.6 Å². The van der Waals surface area contributed by atoms with Gasteiger partial charge in [0.25, 0.3) is 0 Å². The van der Waals surface area contributed by atoms with Crippen molar-refractivity contribution < 1.29 is 0 Å². The van der Waals surface area contributed by atoms with Gasteiger partial charge in [-0.2, -0.15) is 0 Å². The Bertz CT molecular complexity index is 466. The van der Waals surface area contributed by atoms with E-state index in [1.165, 1.54) is 45.1 Å². The molecule has 96 valence electrons. The van der Waals surface area contributed by atoms with Crippen LogP contribution in [-0.2, 0) is 11.8 Å². The standard InChI is InChI=1S/C17H23N/c1-18-11-10-17-9-5-4-8-15(17)16(18)12-13-6-2-3-7-14(13)17/h2-3,6-7,15-16H,4-5,8-12H2,1H3/t15-,16-,17+/m1/s1. The first kappa shape index (κ1) is 11.0. The molecule has 18 heavy (non-hydrogen) atoms. The smallest absolute Gasteiger partial charge is 0.0169 e. The number of likely N-dealkylation sites (N-methyl/N-ethyl adjacent to an activating group) is 1. The summed E-state index contributed by atoms with van der Waals surface area (Å²) in [5.41, 5.74) is 3.91. The van der Waals surface area contributed by atoms with Gasteiger partial charge in [0.1, 0.15) is 0 Å². The van der Waals surface area contributed by atoms with Gasteiger partial charge in [-0.1, -0.05) is 37.1 Å². The number of likely N-dealkylation sites (tertiary alicyclic amines) is 1. The average Bonchev–Trinajstić information content (AvgIpc) is 2.43. The normalized spacial score (nSPS) is 38.9. The minimum Gasteiger partial charge on any atom is -0.303 e. The molecular weight excluding hydrogens is 218 g/mol. The lowest BCUT2D eigenvalue weighted by molar-refractivity contribution is 0.00286. The summed E-state index contributed by atoms with van der Waals surface area (Å²) < 4.78 is 0. The molecule has 4 rings (SSSR count). The lowest BCUT2D eigenvalue weighted by atomic mass is 9.52. The number of rotatable bonds is 0. The van der Waals surface area contributed by atoms with E-state index in [0.717, 1.165) is 12.0 Å². The molecule has 3 aliphatic rings. The Kier molecular flexibility index (Phi) is 2.35. The summed E-state index contributed by atoms with van der Waals surface area (Å²) in [5, 5.41) is 0. The lowest BCUT2D eigenvalue weighted by Gasteiger charge is -2.58. The number of hydrogen-bond donors (Lipinski definition) is 0. The van der Waals surface area contributed by atoms with E-state index >= 15 is 0 Å². The molecule has 2 aliphatic carbocycles. The molecule has 0 amide bonds. The molecule has 0 N–H and O–H groups in total. The van der Waals surface area contributed by atoms with E-state index < -0.39 is 0 Å². The van der Waals surface area contributed by atoms with Crippen LogP contribution in [0.3, 0.4) is 0 Å². The van der Waals surface area contributed by atoms with Crippen molar-refractivity contribution in [3.05, 3.63) is 35.4 Å². The largest absolute Gasteiger partial charge is 0.303 e. The summed E-state index contributed by atoms with van der Waals surface area (Å²) in [5.74, 6) is 0.930. The summed E-state index contributed by atoms with van der Waals surface area (Å²) in [4.78, 5) is 2.64. The van der Waals surface area contributed by atoms with Crippen molar-refractivity contribution in [2.24, 2.45) is 5.92 Å². The second-order valence-electron chi connectivity index (χ2n) is 6.67. The van der Waals surface area contributed by atoms with Gasteiger partial charge in [0.05, 0.1) is 0 Å². The minimum atomic E-state index is 0.546. The van der Waals surface area contributed by atoms with E-state index in [-0.39, 0.29) is 0 Å². The highest BCUT2D eigenvalue weighted by molar-refractivity contribution is 5.41. The van der Waals surface area contributed by atoms with Gasteiger partial charge in [-0.3, -0.25) is 0 Å². The van der Waals surface area contributed by atoms with Gasteiger partial charge in [-0.25, -0.2) is 0 Å². The Balaban J connectivity index is 1.90. The van der Waals surface area contributed by atoms with Crippen LogP contribution in [0, 0.1) is 5.92 Å². The molecule has 1 heteroatoms. The van der Waals surface area contributed by atoms with Crippen molar-refractivity contribution in [2.45, 2.75) is 50.0 Å². The van der Waals surface area contributed by atoms with E-state index in [0.29, 0.717) is 5.41 Å². The zero-order valence-electron chi connectivity index (χ0n) is 11.4. The molecule has 0 spiro atoms. The van der Waals surface area contributed by atoms with Gasteiger partial charge in [0, 0.05) is 11.5 Å². The molecular formula is C17H23N. The van der Waals surface area contributed by atoms with Crippen LogP contribution < -0.4 is 0 Å². The van der Waals surface area contributed by atoms with Crippen molar-refractivity contribution in [1.29, 1.82) is 0 Å². The van der Waals surface area contributed by atoms with Crippen LogP contribution in [0.5, 0.6) is 0 Å².